The molecule has 4 heteroatoms. The van der Waals surface area contributed by atoms with Crippen LogP contribution in [0.15, 0.2) is 0 Å². The van der Waals surface area contributed by atoms with E-state index in [-0.39, 0.29) is 0 Å². The van der Waals surface area contributed by atoms with Gasteiger partial charge in [-0.15, -0.1) is 0 Å². The van der Waals surface area contributed by atoms with Crippen molar-refractivity contribution in [2.75, 3.05) is 0 Å². The molecule has 0 rings (SSSR count). The van der Waals surface area contributed by atoms with Gasteiger partial charge in [-0.25, -0.2) is 4.79 Å². The summed E-state index contributed by atoms with van der Waals surface area (Å²) in [5.74, 6) is -0.426. The summed E-state index contributed by atoms with van der Waals surface area (Å²) in [4.78, 5) is 19.1. The van der Waals surface area contributed by atoms with Crippen molar-refractivity contribution in [3.05, 3.63) is 0 Å². The molecule has 0 spiro atoms. The number of hydrogen-bond donors (Lipinski definition) is 0. The van der Waals surface area contributed by atoms with Crippen LogP contribution in [0.2, 0.25) is 13.3 Å². The molecule has 132 valence electrons. The van der Waals surface area contributed by atoms with Gasteiger partial charge in [0.15, 0.2) is 0 Å². The molecule has 0 fully saturated rings. The molecule has 3 nitrogen and oxygen atoms in total. The Morgan fingerprint density at radius 1 is 0.864 bits per heavy atom. The summed E-state index contributed by atoms with van der Waals surface area (Å²) in [6.07, 6.45) is 8.85. The van der Waals surface area contributed by atoms with Crippen molar-refractivity contribution in [3.8, 4) is 0 Å². The Hall–Kier alpha value is 0.229. The third-order valence-corrected chi connectivity index (χ3v) is 12.1. The van der Waals surface area contributed by atoms with Gasteiger partial charge in [-0.05, 0) is 20.8 Å². The van der Waals surface area contributed by atoms with Crippen molar-refractivity contribution in [2.24, 2.45) is 0 Å². The molecule has 0 aliphatic heterocycles. The third-order valence-electron chi connectivity index (χ3n) is 3.06. The van der Waals surface area contributed by atoms with Gasteiger partial charge in [0.25, 0.3) is 0 Å². The zero-order valence-corrected chi connectivity index (χ0v) is 18.9. The third kappa shape index (κ3) is 22.5. The van der Waals surface area contributed by atoms with Gasteiger partial charge in [-0.2, -0.15) is 4.89 Å². The van der Waals surface area contributed by atoms with E-state index in [1.165, 1.54) is 45.4 Å². The summed E-state index contributed by atoms with van der Waals surface area (Å²) in [5.41, 5.74) is -0.411. The van der Waals surface area contributed by atoms with Crippen LogP contribution in [0.1, 0.15) is 87.0 Å². The Morgan fingerprint density at radius 3 is 1.41 bits per heavy atom. The fraction of sp³-hybridized carbons (Fsp3) is 0.944. The summed E-state index contributed by atoms with van der Waals surface area (Å²) in [5, 5.41) is 0. The van der Waals surface area contributed by atoms with E-state index in [0.29, 0.717) is 0 Å². The number of unbranched alkanes of at least 4 members (excludes halogenated alkanes) is 3. The van der Waals surface area contributed by atoms with E-state index in [9.17, 15) is 4.79 Å². The molecule has 0 aromatic carbocycles. The van der Waals surface area contributed by atoms with Gasteiger partial charge in [0.05, 0.1) is 0 Å². The van der Waals surface area contributed by atoms with E-state index in [2.05, 4.69) is 30.5 Å². The van der Waals surface area contributed by atoms with Crippen LogP contribution < -0.4 is 0 Å². The molecular weight excluding hydrogens is 383 g/mol. The molecule has 0 aromatic rings. The van der Waals surface area contributed by atoms with Crippen molar-refractivity contribution in [2.45, 2.75) is 106 Å². The average Bonchev–Trinajstić information content (AvgIpc) is 2.44. The van der Waals surface area contributed by atoms with E-state index in [1.807, 2.05) is 0 Å². The predicted molar refractivity (Wildman–Crippen MR) is 97.5 cm³/mol. The van der Waals surface area contributed by atoms with Crippen molar-refractivity contribution in [3.63, 3.8) is 0 Å². The molecule has 0 atom stereocenters. The molecular formula is C18H39O3Sn+. The SMILES string of the molecule is CC(=O)OOC(C)(C)C.CCC[CH2][Sn+]([CH2]CCC)[CH2]CCC. The standard InChI is InChI=1S/C6H12O3.3C4H9.Sn/c1-5(7)8-9-6(2,3)4;3*1-3-4-2;/h1-4H3;3*1,3-4H2,2H3;/q;;;;+1. The predicted octanol–water partition coefficient (Wildman–Crippen LogP) is 6.16. The van der Waals surface area contributed by atoms with E-state index in [4.69, 9.17) is 0 Å². The number of carbonyl (C=O) groups excluding carboxylic acids is 1. The van der Waals surface area contributed by atoms with Gasteiger partial charge in [-0.3, -0.25) is 4.89 Å². The van der Waals surface area contributed by atoms with Crippen LogP contribution in [-0.2, 0) is 14.6 Å². The van der Waals surface area contributed by atoms with Crippen LogP contribution in [0.5, 0.6) is 0 Å². The molecule has 0 aromatic heterocycles. The van der Waals surface area contributed by atoms with Crippen LogP contribution in [0.3, 0.4) is 0 Å². The maximum absolute atomic E-state index is 10.1. The van der Waals surface area contributed by atoms with Crippen LogP contribution >= 0.6 is 0 Å². The van der Waals surface area contributed by atoms with Crippen molar-refractivity contribution >= 4 is 25.7 Å². The van der Waals surface area contributed by atoms with E-state index < -0.39 is 31.3 Å². The monoisotopic (exact) mass is 423 g/mol. The summed E-state index contributed by atoms with van der Waals surface area (Å²) in [7, 11) is 0. The van der Waals surface area contributed by atoms with Crippen molar-refractivity contribution < 1.29 is 14.6 Å². The first-order chi connectivity index (χ1) is 10.3. The number of hydrogen-bond acceptors (Lipinski definition) is 3. The Labute approximate surface area is 146 Å². The maximum atomic E-state index is 10.1. The molecule has 0 aliphatic rings. The molecule has 0 heterocycles. The molecule has 22 heavy (non-hydrogen) atoms. The number of rotatable bonds is 10. The topological polar surface area (TPSA) is 35.5 Å². The molecule has 0 amide bonds. The molecule has 0 unspecified atom stereocenters. The Kier molecular flexibility index (Phi) is 17.9. The van der Waals surface area contributed by atoms with Gasteiger partial charge in [-0.1, -0.05) is 0 Å². The zero-order chi connectivity index (χ0) is 17.4. The van der Waals surface area contributed by atoms with Gasteiger partial charge >= 0.3 is 98.3 Å². The van der Waals surface area contributed by atoms with Crippen LogP contribution in [0, 0.1) is 0 Å². The van der Waals surface area contributed by atoms with Crippen LogP contribution in [0.4, 0.5) is 0 Å². The minimum absolute atomic E-state index is 0.411. The fourth-order valence-electron chi connectivity index (χ4n) is 1.84. The molecule has 0 aliphatic carbocycles. The summed E-state index contributed by atoms with van der Waals surface area (Å²) >= 11 is -0.839. The first-order valence-corrected chi connectivity index (χ1v) is 15.0. The van der Waals surface area contributed by atoms with Crippen LogP contribution in [-0.4, -0.2) is 31.3 Å². The van der Waals surface area contributed by atoms with Gasteiger partial charge in [0.1, 0.15) is 5.60 Å². The first-order valence-electron chi connectivity index (χ1n) is 8.96. The first kappa shape index (κ1) is 24.5. The van der Waals surface area contributed by atoms with E-state index >= 15 is 0 Å². The van der Waals surface area contributed by atoms with E-state index in [1.54, 1.807) is 34.1 Å². The van der Waals surface area contributed by atoms with Gasteiger partial charge in [0, 0.05) is 6.92 Å². The van der Waals surface area contributed by atoms with Crippen LogP contribution in [0.25, 0.3) is 0 Å². The van der Waals surface area contributed by atoms with Gasteiger partial charge in [0.2, 0.25) is 0 Å². The number of carbonyl (C=O) groups is 1. The van der Waals surface area contributed by atoms with Gasteiger partial charge < -0.3 is 0 Å². The Morgan fingerprint density at radius 2 is 1.23 bits per heavy atom. The zero-order valence-electron chi connectivity index (χ0n) is 16.1. The molecule has 0 radical (unpaired) electrons. The van der Waals surface area contributed by atoms with Crippen molar-refractivity contribution in [1.82, 2.24) is 0 Å². The minimum atomic E-state index is -0.839. The summed E-state index contributed by atoms with van der Waals surface area (Å²) in [6.45, 7) is 13.7. The van der Waals surface area contributed by atoms with E-state index in [0.717, 1.165) is 0 Å². The average molecular weight is 422 g/mol. The second-order valence-corrected chi connectivity index (χ2v) is 15.4. The summed E-state index contributed by atoms with van der Waals surface area (Å²) in [6, 6.07) is 0. The van der Waals surface area contributed by atoms with Crippen molar-refractivity contribution in [1.29, 1.82) is 0 Å². The summed E-state index contributed by atoms with van der Waals surface area (Å²) < 4.78 is 5.04. The second-order valence-electron chi connectivity index (χ2n) is 6.83. The molecule has 0 N–H and O–H groups in total. The quantitative estimate of drug-likeness (QED) is 0.240. The molecule has 0 saturated heterocycles. The molecule has 0 bridgehead atoms. The Balaban J connectivity index is 0. The fourth-order valence-corrected chi connectivity index (χ4v) is 11.3. The molecule has 0 saturated carbocycles. The second kappa shape index (κ2) is 16.1. The normalized spacial score (nSPS) is 10.7. The Bertz CT molecular complexity index is 230.